The van der Waals surface area contributed by atoms with Gasteiger partial charge in [0.2, 0.25) is 18.5 Å². The number of hydrogen-bond acceptors (Lipinski definition) is 7. The van der Waals surface area contributed by atoms with Crippen LogP contribution in [0.3, 0.4) is 0 Å². The molecule has 0 atom stereocenters. The van der Waals surface area contributed by atoms with Gasteiger partial charge in [-0.05, 0) is 31.2 Å². The maximum absolute atomic E-state index is 12.5. The number of thiophene rings is 1. The highest BCUT2D eigenvalue weighted by atomic mass is 32.1. The van der Waals surface area contributed by atoms with E-state index < -0.39 is 0 Å². The highest BCUT2D eigenvalue weighted by molar-refractivity contribution is 7.16. The van der Waals surface area contributed by atoms with Crippen molar-refractivity contribution in [3.05, 3.63) is 40.6 Å². The molecule has 1 aliphatic heterocycles. The van der Waals surface area contributed by atoms with Gasteiger partial charge in [-0.2, -0.15) is 4.98 Å². The van der Waals surface area contributed by atoms with Gasteiger partial charge >= 0.3 is 0 Å². The number of amides is 1. The number of aromatic nitrogens is 2. The Balaban J connectivity index is 1.57. The van der Waals surface area contributed by atoms with Crippen molar-refractivity contribution < 1.29 is 18.8 Å². The SMILES string of the molecule is Cc1nc(-c2cc(NC(=O)c3ccc4c(c3)OCO4)c(C)s2)no1. The van der Waals surface area contributed by atoms with E-state index in [1.54, 1.807) is 25.1 Å². The predicted molar refractivity (Wildman–Crippen MR) is 87.6 cm³/mol. The molecular formula is C16H13N3O4S. The Kier molecular flexibility index (Phi) is 3.46. The van der Waals surface area contributed by atoms with Crippen LogP contribution in [0.5, 0.6) is 11.5 Å². The molecule has 2 aromatic heterocycles. The molecule has 4 rings (SSSR count). The molecule has 1 aromatic carbocycles. The number of ether oxygens (including phenoxy) is 2. The van der Waals surface area contributed by atoms with E-state index >= 15 is 0 Å². The van der Waals surface area contributed by atoms with E-state index in [2.05, 4.69) is 15.5 Å². The average molecular weight is 343 g/mol. The minimum Gasteiger partial charge on any atom is -0.454 e. The van der Waals surface area contributed by atoms with E-state index in [1.165, 1.54) is 11.3 Å². The van der Waals surface area contributed by atoms with Gasteiger partial charge in [-0.15, -0.1) is 11.3 Å². The number of carbonyl (C=O) groups is 1. The number of rotatable bonds is 3. The van der Waals surface area contributed by atoms with E-state index in [9.17, 15) is 4.79 Å². The summed E-state index contributed by atoms with van der Waals surface area (Å²) in [6, 6.07) is 6.94. The maximum atomic E-state index is 12.5. The summed E-state index contributed by atoms with van der Waals surface area (Å²) in [5.74, 6) is 2.02. The summed E-state index contributed by atoms with van der Waals surface area (Å²) in [4.78, 5) is 18.5. The highest BCUT2D eigenvalue weighted by Gasteiger charge is 2.18. The number of fused-ring (bicyclic) bond motifs is 1. The molecule has 0 unspecified atom stereocenters. The van der Waals surface area contributed by atoms with Crippen LogP contribution in [0.2, 0.25) is 0 Å². The molecule has 24 heavy (non-hydrogen) atoms. The fourth-order valence-corrected chi connectivity index (χ4v) is 3.25. The third-order valence-electron chi connectivity index (χ3n) is 3.55. The first kappa shape index (κ1) is 14.7. The first-order valence-corrected chi connectivity index (χ1v) is 8.04. The van der Waals surface area contributed by atoms with Crippen LogP contribution < -0.4 is 14.8 Å². The van der Waals surface area contributed by atoms with Crippen molar-refractivity contribution in [2.75, 3.05) is 12.1 Å². The topological polar surface area (TPSA) is 86.5 Å². The number of nitrogens with zero attached hydrogens (tertiary/aromatic N) is 2. The number of benzene rings is 1. The Hall–Kier alpha value is -2.87. The molecule has 3 heterocycles. The Labute approximate surface area is 141 Å². The Bertz CT molecular complexity index is 931. The monoisotopic (exact) mass is 343 g/mol. The van der Waals surface area contributed by atoms with Gasteiger partial charge < -0.3 is 19.3 Å². The van der Waals surface area contributed by atoms with Gasteiger partial charge in [0.15, 0.2) is 11.5 Å². The summed E-state index contributed by atoms with van der Waals surface area (Å²) in [5, 5.41) is 6.80. The van der Waals surface area contributed by atoms with Crippen molar-refractivity contribution in [1.29, 1.82) is 0 Å². The van der Waals surface area contributed by atoms with Crippen LogP contribution in [0.25, 0.3) is 10.7 Å². The maximum Gasteiger partial charge on any atom is 0.255 e. The fraction of sp³-hybridized carbons (Fsp3) is 0.188. The van der Waals surface area contributed by atoms with Crippen LogP contribution in [0.1, 0.15) is 21.1 Å². The van der Waals surface area contributed by atoms with Crippen molar-refractivity contribution in [3.63, 3.8) is 0 Å². The van der Waals surface area contributed by atoms with Gasteiger partial charge in [0.05, 0.1) is 10.6 Å². The quantitative estimate of drug-likeness (QED) is 0.784. The van der Waals surface area contributed by atoms with Crippen LogP contribution in [-0.4, -0.2) is 22.8 Å². The van der Waals surface area contributed by atoms with Crippen LogP contribution >= 0.6 is 11.3 Å². The molecule has 3 aromatic rings. The lowest BCUT2D eigenvalue weighted by Gasteiger charge is -2.05. The molecule has 0 saturated heterocycles. The van der Waals surface area contributed by atoms with E-state index in [1.807, 2.05) is 13.0 Å². The molecule has 0 fully saturated rings. The molecule has 8 heteroatoms. The number of carbonyl (C=O) groups excluding carboxylic acids is 1. The summed E-state index contributed by atoms with van der Waals surface area (Å²) in [6.45, 7) is 3.84. The first-order valence-electron chi connectivity index (χ1n) is 7.22. The average Bonchev–Trinajstić information content (AvgIpc) is 3.27. The minimum atomic E-state index is -0.218. The smallest absolute Gasteiger partial charge is 0.255 e. The predicted octanol–water partition coefficient (Wildman–Crippen LogP) is 3.40. The zero-order valence-electron chi connectivity index (χ0n) is 13.0. The van der Waals surface area contributed by atoms with Gasteiger partial charge in [-0.1, -0.05) is 5.16 Å². The van der Waals surface area contributed by atoms with Crippen LogP contribution in [-0.2, 0) is 0 Å². The molecule has 0 spiro atoms. The van der Waals surface area contributed by atoms with Crippen molar-refractivity contribution in [2.24, 2.45) is 0 Å². The molecule has 1 N–H and O–H groups in total. The minimum absolute atomic E-state index is 0.178. The zero-order valence-corrected chi connectivity index (χ0v) is 13.8. The lowest BCUT2D eigenvalue weighted by molar-refractivity contribution is 0.102. The number of hydrogen-bond donors (Lipinski definition) is 1. The van der Waals surface area contributed by atoms with Gasteiger partial charge in [0, 0.05) is 17.4 Å². The molecule has 1 aliphatic rings. The summed E-state index contributed by atoms with van der Waals surface area (Å²) in [6.07, 6.45) is 0. The van der Waals surface area contributed by atoms with E-state index in [4.69, 9.17) is 14.0 Å². The van der Waals surface area contributed by atoms with E-state index in [0.29, 0.717) is 28.8 Å². The lowest BCUT2D eigenvalue weighted by Crippen LogP contribution is -2.11. The molecule has 7 nitrogen and oxygen atoms in total. The van der Waals surface area contributed by atoms with Gasteiger partial charge in [0.25, 0.3) is 5.91 Å². The molecule has 1 amide bonds. The van der Waals surface area contributed by atoms with Crippen molar-refractivity contribution in [2.45, 2.75) is 13.8 Å². The van der Waals surface area contributed by atoms with Crippen molar-refractivity contribution in [3.8, 4) is 22.2 Å². The highest BCUT2D eigenvalue weighted by Crippen LogP contribution is 2.35. The van der Waals surface area contributed by atoms with E-state index in [0.717, 1.165) is 15.4 Å². The third-order valence-corrected chi connectivity index (χ3v) is 4.60. The molecule has 0 bridgehead atoms. The molecule has 0 radical (unpaired) electrons. The summed E-state index contributed by atoms with van der Waals surface area (Å²) in [5.41, 5.74) is 1.22. The summed E-state index contributed by atoms with van der Waals surface area (Å²) < 4.78 is 15.5. The standard InChI is InChI=1S/C16H13N3O4S/c1-8-11(6-14(24-8)15-17-9(2)23-19-15)18-16(20)10-3-4-12-13(5-10)22-7-21-12/h3-6H,7H2,1-2H3,(H,18,20). The molecule has 0 aliphatic carbocycles. The molecular weight excluding hydrogens is 330 g/mol. The summed E-state index contributed by atoms with van der Waals surface area (Å²) in [7, 11) is 0. The second kappa shape index (κ2) is 5.64. The third kappa shape index (κ3) is 2.61. The molecule has 122 valence electrons. The summed E-state index contributed by atoms with van der Waals surface area (Å²) >= 11 is 1.49. The number of nitrogens with one attached hydrogen (secondary N) is 1. The van der Waals surface area contributed by atoms with Crippen LogP contribution in [0.4, 0.5) is 5.69 Å². The van der Waals surface area contributed by atoms with Gasteiger partial charge in [-0.3, -0.25) is 4.79 Å². The van der Waals surface area contributed by atoms with Crippen molar-refractivity contribution in [1.82, 2.24) is 10.1 Å². The van der Waals surface area contributed by atoms with Crippen LogP contribution in [0.15, 0.2) is 28.8 Å². The second-order valence-corrected chi connectivity index (χ2v) is 6.50. The van der Waals surface area contributed by atoms with Gasteiger partial charge in [0.1, 0.15) is 0 Å². The normalized spacial score (nSPS) is 12.4. The van der Waals surface area contributed by atoms with Crippen molar-refractivity contribution >= 4 is 22.9 Å². The molecule has 0 saturated carbocycles. The second-order valence-electron chi connectivity index (χ2n) is 5.24. The number of aryl methyl sites for hydroxylation is 2. The Morgan fingerprint density at radius 2 is 2.04 bits per heavy atom. The fourth-order valence-electron chi connectivity index (χ4n) is 2.35. The lowest BCUT2D eigenvalue weighted by atomic mass is 10.2. The zero-order chi connectivity index (χ0) is 16.7. The Morgan fingerprint density at radius 3 is 2.83 bits per heavy atom. The largest absolute Gasteiger partial charge is 0.454 e. The number of anilines is 1. The first-order chi connectivity index (χ1) is 11.6. The van der Waals surface area contributed by atoms with E-state index in [-0.39, 0.29) is 12.7 Å². The van der Waals surface area contributed by atoms with Gasteiger partial charge in [-0.25, -0.2) is 0 Å². The van der Waals surface area contributed by atoms with Crippen LogP contribution in [0, 0.1) is 13.8 Å². The Morgan fingerprint density at radius 1 is 1.21 bits per heavy atom.